The lowest BCUT2D eigenvalue weighted by Crippen LogP contribution is -2.50. The van der Waals surface area contributed by atoms with Crippen LogP contribution in [0.3, 0.4) is 0 Å². The molecular weight excluding hydrogens is 699 g/mol. The van der Waals surface area contributed by atoms with Gasteiger partial charge in [0, 0.05) is 12.8 Å². The van der Waals surface area contributed by atoms with Crippen molar-refractivity contribution in [2.75, 3.05) is 25.6 Å². The van der Waals surface area contributed by atoms with Gasteiger partial charge in [-0.2, -0.15) is 15.4 Å². The second-order valence-corrected chi connectivity index (χ2v) is 14.8. The Hall–Kier alpha value is -4.59. The molecule has 6 atom stereocenters. The van der Waals surface area contributed by atoms with Crippen molar-refractivity contribution in [3.63, 3.8) is 0 Å². The topological polar surface area (TPSA) is 225 Å². The minimum absolute atomic E-state index is 0.114. The lowest BCUT2D eigenvalue weighted by Gasteiger charge is -2.31. The normalized spacial score (nSPS) is 23.8. The number of carbonyl (C=O) groups excluding carboxylic acids is 3. The van der Waals surface area contributed by atoms with Gasteiger partial charge < -0.3 is 33.9 Å². The van der Waals surface area contributed by atoms with E-state index in [9.17, 15) is 24.2 Å². The van der Waals surface area contributed by atoms with Crippen LogP contribution < -0.4 is 15.3 Å². The van der Waals surface area contributed by atoms with Gasteiger partial charge in [0.15, 0.2) is 18.0 Å². The van der Waals surface area contributed by atoms with Gasteiger partial charge in [-0.05, 0) is 31.2 Å². The summed E-state index contributed by atoms with van der Waals surface area (Å²) in [7, 11) is -4.58. The molecule has 0 saturated carbocycles. The number of benzene rings is 1. The molecule has 1 unspecified atom stereocenters. The first-order valence-corrected chi connectivity index (χ1v) is 18.4. The fourth-order valence-electron chi connectivity index (χ4n) is 5.50. The van der Waals surface area contributed by atoms with E-state index in [0.717, 1.165) is 0 Å². The fourth-order valence-corrected chi connectivity index (χ4v) is 7.02. The number of nitrogens with two attached hydrogens (primary N) is 1. The van der Waals surface area contributed by atoms with E-state index >= 15 is 0 Å². The molecule has 52 heavy (non-hydrogen) atoms. The molecule has 0 spiro atoms. The van der Waals surface area contributed by atoms with E-state index < -0.39 is 74.1 Å². The van der Waals surface area contributed by atoms with Crippen molar-refractivity contribution in [3.8, 4) is 11.8 Å². The van der Waals surface area contributed by atoms with Gasteiger partial charge in [0.1, 0.15) is 48.5 Å². The zero-order chi connectivity index (χ0) is 37.6. The zero-order valence-electron chi connectivity index (χ0n) is 29.5. The second-order valence-electron chi connectivity index (χ2n) is 13.1. The van der Waals surface area contributed by atoms with Gasteiger partial charge in [-0.15, -0.1) is 0 Å². The highest BCUT2D eigenvalue weighted by Crippen LogP contribution is 2.50. The number of carbonyl (C=O) groups is 3. The van der Waals surface area contributed by atoms with Gasteiger partial charge in [-0.1, -0.05) is 45.9 Å². The lowest BCUT2D eigenvalue weighted by atomic mass is 9.95. The zero-order valence-corrected chi connectivity index (χ0v) is 30.4. The highest BCUT2D eigenvalue weighted by molar-refractivity contribution is 7.52. The van der Waals surface area contributed by atoms with E-state index in [-0.39, 0.29) is 23.4 Å². The van der Waals surface area contributed by atoms with Crippen LogP contribution in [0.1, 0.15) is 59.3 Å². The van der Waals surface area contributed by atoms with Crippen LogP contribution in [0.25, 0.3) is 5.52 Å². The Kier molecular flexibility index (Phi) is 12.2. The van der Waals surface area contributed by atoms with Crippen LogP contribution in [0.15, 0.2) is 48.8 Å². The number of nitrogen functional groups attached to an aromatic ring is 1. The van der Waals surface area contributed by atoms with Crippen molar-refractivity contribution >= 4 is 37.0 Å². The number of esters is 3. The molecule has 280 valence electrons. The fraction of sp³-hybridized carbons (Fsp3) is 0.529. The number of nitrogens with zero attached hydrogens (tertiary/aromatic N) is 4. The molecule has 0 amide bonds. The number of hydrogen-bond acceptors (Lipinski definition) is 15. The molecule has 2 fully saturated rings. The molecule has 17 nitrogen and oxygen atoms in total. The summed E-state index contributed by atoms with van der Waals surface area (Å²) in [5.41, 5.74) is 4.48. The standard InChI is InChI=1S/C34H43N6O11P/c1-20(2)31(41)48-28-27(25-11-12-26-30(36)37-19-38-40(25)26)50-34(17-35,29(28)49-32(42)21(3)4)18-46-52(44,51-24-9-7-6-8-10-24)39-22(5)33(43)47-23-13-15-45-16-14-23/h6-12,19-23,27-29H,13-16,18H2,1-5H3,(H,39,44)(H2,36,37,38)/t22-,27-,28-,29-,34+,52?/m0/s1. The quantitative estimate of drug-likeness (QED) is 0.136. The highest BCUT2D eigenvalue weighted by Gasteiger charge is 2.62. The Bertz CT molecular complexity index is 1830. The van der Waals surface area contributed by atoms with Gasteiger partial charge in [0.2, 0.25) is 5.60 Å². The van der Waals surface area contributed by atoms with Crippen molar-refractivity contribution in [1.82, 2.24) is 19.7 Å². The van der Waals surface area contributed by atoms with Crippen molar-refractivity contribution in [2.45, 2.75) is 83.5 Å². The number of ether oxygens (including phenoxy) is 5. The van der Waals surface area contributed by atoms with Gasteiger partial charge in [-0.3, -0.25) is 18.9 Å². The molecule has 2 aliphatic heterocycles. The maximum absolute atomic E-state index is 14.5. The highest BCUT2D eigenvalue weighted by atomic mass is 31.2. The summed E-state index contributed by atoms with van der Waals surface area (Å²) < 4.78 is 56.8. The Morgan fingerprint density at radius 1 is 1.02 bits per heavy atom. The number of rotatable bonds is 14. The second kappa shape index (κ2) is 16.4. The summed E-state index contributed by atoms with van der Waals surface area (Å²) >= 11 is 0. The Balaban J connectivity index is 1.52. The molecule has 0 aliphatic carbocycles. The van der Waals surface area contributed by atoms with Crippen LogP contribution in [0.4, 0.5) is 5.82 Å². The van der Waals surface area contributed by atoms with Crippen molar-refractivity contribution in [2.24, 2.45) is 11.8 Å². The third kappa shape index (κ3) is 8.71. The van der Waals surface area contributed by atoms with Crippen LogP contribution in [0, 0.1) is 23.2 Å². The predicted octanol–water partition coefficient (Wildman–Crippen LogP) is 3.68. The Labute approximate surface area is 300 Å². The van der Waals surface area contributed by atoms with E-state index in [4.69, 9.17) is 38.5 Å². The van der Waals surface area contributed by atoms with Crippen LogP contribution in [-0.4, -0.2) is 82.3 Å². The lowest BCUT2D eigenvalue weighted by molar-refractivity contribution is -0.173. The summed E-state index contributed by atoms with van der Waals surface area (Å²) in [5, 5.41) is 17.7. The first-order chi connectivity index (χ1) is 24.8. The molecule has 4 heterocycles. The van der Waals surface area contributed by atoms with E-state index in [1.54, 1.807) is 58.0 Å². The number of fused-ring (bicyclic) bond motifs is 1. The molecule has 5 rings (SSSR count). The number of nitrogens with one attached hydrogen (secondary N) is 1. The van der Waals surface area contributed by atoms with Gasteiger partial charge in [0.05, 0.1) is 30.7 Å². The monoisotopic (exact) mass is 742 g/mol. The summed E-state index contributed by atoms with van der Waals surface area (Å²) in [6.45, 7) is 7.83. The number of nitriles is 1. The Morgan fingerprint density at radius 3 is 2.35 bits per heavy atom. The molecule has 2 aromatic heterocycles. The van der Waals surface area contributed by atoms with E-state index in [1.165, 1.54) is 29.9 Å². The van der Waals surface area contributed by atoms with Crippen molar-refractivity contribution in [3.05, 3.63) is 54.5 Å². The van der Waals surface area contributed by atoms with Crippen LogP contribution in [-0.2, 0) is 47.2 Å². The maximum atomic E-state index is 14.5. The number of aromatic nitrogens is 3. The summed E-state index contributed by atoms with van der Waals surface area (Å²) in [6.07, 6.45) is -2.50. The largest absolute Gasteiger partial charge is 0.461 e. The first-order valence-electron chi connectivity index (χ1n) is 16.9. The molecule has 1 aromatic carbocycles. The summed E-state index contributed by atoms with van der Waals surface area (Å²) in [5.74, 6) is -3.17. The van der Waals surface area contributed by atoms with Gasteiger partial charge >= 0.3 is 25.7 Å². The average molecular weight is 743 g/mol. The SMILES string of the molecule is CC(C)C(=O)O[C@H]1[C@H](c2ccc3c(N)ncnn23)O[C@](C#N)(COP(=O)(N[C@@H](C)C(=O)OC2CCOCC2)Oc2ccccc2)[C@H]1OC(=O)C(C)C. The third-order valence-electron chi connectivity index (χ3n) is 8.40. The Morgan fingerprint density at radius 2 is 1.69 bits per heavy atom. The smallest absolute Gasteiger partial charge is 0.459 e. The molecule has 0 radical (unpaired) electrons. The number of para-hydroxylation sites is 1. The van der Waals surface area contributed by atoms with Crippen molar-refractivity contribution in [1.29, 1.82) is 5.26 Å². The number of anilines is 1. The molecule has 3 N–H and O–H groups in total. The predicted molar refractivity (Wildman–Crippen MR) is 182 cm³/mol. The average Bonchev–Trinajstić information content (AvgIpc) is 3.68. The van der Waals surface area contributed by atoms with Crippen LogP contribution >= 0.6 is 7.75 Å². The maximum Gasteiger partial charge on any atom is 0.459 e. The summed E-state index contributed by atoms with van der Waals surface area (Å²) in [4.78, 5) is 43.4. The van der Waals surface area contributed by atoms with Gasteiger partial charge in [-0.25, -0.2) is 14.1 Å². The minimum atomic E-state index is -4.58. The van der Waals surface area contributed by atoms with Crippen LogP contribution in [0.5, 0.6) is 5.75 Å². The molecule has 18 heteroatoms. The minimum Gasteiger partial charge on any atom is -0.461 e. The third-order valence-corrected chi connectivity index (χ3v) is 10.0. The van der Waals surface area contributed by atoms with Crippen LogP contribution in [0.2, 0.25) is 0 Å². The van der Waals surface area contributed by atoms with Crippen molar-refractivity contribution < 1.29 is 51.7 Å². The van der Waals surface area contributed by atoms with Gasteiger partial charge in [0.25, 0.3) is 0 Å². The van der Waals surface area contributed by atoms with E-state index in [1.807, 2.05) is 6.07 Å². The molecule has 0 bridgehead atoms. The summed E-state index contributed by atoms with van der Waals surface area (Å²) in [6, 6.07) is 12.0. The molecule has 3 aromatic rings. The van der Waals surface area contributed by atoms with E-state index in [2.05, 4.69) is 15.2 Å². The van der Waals surface area contributed by atoms with E-state index in [0.29, 0.717) is 31.6 Å². The molecule has 2 aliphatic rings. The number of hydrogen-bond donors (Lipinski definition) is 2. The first kappa shape index (κ1) is 38.6. The molecular formula is C34H43N6O11P. The molecule has 2 saturated heterocycles.